The van der Waals surface area contributed by atoms with Crippen LogP contribution in [-0.4, -0.2) is 37.0 Å². The molecule has 106 valence electrons. The predicted octanol–water partition coefficient (Wildman–Crippen LogP) is 3.24. The first kappa shape index (κ1) is 16.6. The van der Waals surface area contributed by atoms with E-state index in [0.717, 1.165) is 25.9 Å². The molecule has 3 nitrogen and oxygen atoms in total. The minimum absolute atomic E-state index is 0. The third-order valence-electron chi connectivity index (χ3n) is 3.25. The average Bonchev–Trinajstić information content (AvgIpc) is 2.37. The van der Waals surface area contributed by atoms with Gasteiger partial charge in [0.2, 0.25) is 0 Å². The highest BCUT2D eigenvalue weighted by Gasteiger charge is 2.23. The third-order valence-corrected chi connectivity index (χ3v) is 3.68. The van der Waals surface area contributed by atoms with Crippen molar-refractivity contribution in [3.63, 3.8) is 0 Å². The smallest absolute Gasteiger partial charge is 0.253 e. The summed E-state index contributed by atoms with van der Waals surface area (Å²) in [7, 11) is 1.83. The van der Waals surface area contributed by atoms with Crippen LogP contribution in [0.5, 0.6) is 0 Å². The lowest BCUT2D eigenvalue weighted by molar-refractivity contribution is 0.0708. The summed E-state index contributed by atoms with van der Waals surface area (Å²) in [4.78, 5) is 14.1. The molecule has 6 heteroatoms. The Balaban J connectivity index is 0.00000180. The Hall–Kier alpha value is -0.480. The number of hydrogen-bond donors (Lipinski definition) is 1. The van der Waals surface area contributed by atoms with Crippen molar-refractivity contribution in [2.24, 2.45) is 0 Å². The number of carbonyl (C=O) groups is 1. The second kappa shape index (κ2) is 7.34. The highest BCUT2D eigenvalue weighted by molar-refractivity contribution is 6.35. The molecule has 1 aliphatic rings. The Morgan fingerprint density at radius 2 is 1.95 bits per heavy atom. The van der Waals surface area contributed by atoms with Crippen LogP contribution >= 0.6 is 35.6 Å². The van der Waals surface area contributed by atoms with Crippen LogP contribution in [-0.2, 0) is 0 Å². The first-order chi connectivity index (χ1) is 8.58. The molecule has 0 unspecified atom stereocenters. The molecule has 0 bridgehead atoms. The van der Waals surface area contributed by atoms with Gasteiger partial charge in [0, 0.05) is 35.2 Å². The van der Waals surface area contributed by atoms with Crippen LogP contribution in [0.25, 0.3) is 0 Å². The Morgan fingerprint density at radius 3 is 2.47 bits per heavy atom. The van der Waals surface area contributed by atoms with E-state index in [2.05, 4.69) is 5.32 Å². The molecule has 1 amide bonds. The SMILES string of the molecule is CN(C(=O)c1cc(Cl)cc(Cl)c1)[C@H]1CCCNC1.Cl. The predicted molar refractivity (Wildman–Crippen MR) is 81.7 cm³/mol. The van der Waals surface area contributed by atoms with Gasteiger partial charge in [-0.05, 0) is 37.6 Å². The van der Waals surface area contributed by atoms with E-state index in [1.807, 2.05) is 7.05 Å². The van der Waals surface area contributed by atoms with Crippen LogP contribution in [0.4, 0.5) is 0 Å². The van der Waals surface area contributed by atoms with Crippen LogP contribution in [0.1, 0.15) is 23.2 Å². The zero-order valence-corrected chi connectivity index (χ0v) is 13.0. The number of amides is 1. The number of nitrogens with zero attached hydrogens (tertiary/aromatic N) is 1. The molecule has 2 rings (SSSR count). The van der Waals surface area contributed by atoms with Crippen molar-refractivity contribution in [3.05, 3.63) is 33.8 Å². The summed E-state index contributed by atoms with van der Waals surface area (Å²) in [6.45, 7) is 1.87. The molecule has 1 aromatic carbocycles. The molecule has 0 saturated carbocycles. The number of carbonyl (C=O) groups excluding carboxylic acids is 1. The summed E-state index contributed by atoms with van der Waals surface area (Å²) in [6.07, 6.45) is 2.13. The summed E-state index contributed by atoms with van der Waals surface area (Å²) in [5, 5.41) is 4.27. The van der Waals surface area contributed by atoms with Crippen LogP contribution in [0.15, 0.2) is 18.2 Å². The highest BCUT2D eigenvalue weighted by atomic mass is 35.5. The van der Waals surface area contributed by atoms with Crippen LogP contribution < -0.4 is 5.32 Å². The standard InChI is InChI=1S/C13H16Cl2N2O.ClH/c1-17(12-3-2-4-16-8-12)13(18)9-5-10(14)7-11(15)6-9;/h5-7,12,16H,2-4,8H2,1H3;1H/t12-;/m0./s1. The van der Waals surface area contributed by atoms with Gasteiger partial charge in [0.25, 0.3) is 5.91 Å². The quantitative estimate of drug-likeness (QED) is 0.906. The maximum absolute atomic E-state index is 12.3. The first-order valence-corrected chi connectivity index (χ1v) is 6.77. The van der Waals surface area contributed by atoms with Crippen LogP contribution in [0.2, 0.25) is 10.0 Å². The summed E-state index contributed by atoms with van der Waals surface area (Å²) >= 11 is 11.8. The average molecular weight is 324 g/mol. The van der Waals surface area contributed by atoms with Gasteiger partial charge in [-0.25, -0.2) is 0 Å². The van der Waals surface area contributed by atoms with Gasteiger partial charge in [-0.1, -0.05) is 23.2 Å². The number of likely N-dealkylation sites (N-methyl/N-ethyl adjacent to an activating group) is 1. The summed E-state index contributed by atoms with van der Waals surface area (Å²) in [6, 6.07) is 5.18. The number of piperidine rings is 1. The lowest BCUT2D eigenvalue weighted by Crippen LogP contribution is -2.46. The van der Waals surface area contributed by atoms with Crippen molar-refractivity contribution < 1.29 is 4.79 Å². The molecule has 1 atom stereocenters. The second-order valence-corrected chi connectivity index (χ2v) is 5.45. The minimum atomic E-state index is -0.0342. The van der Waals surface area contributed by atoms with Gasteiger partial charge in [-0.2, -0.15) is 0 Å². The Bertz CT molecular complexity index is 427. The molecular weight excluding hydrogens is 307 g/mol. The van der Waals surface area contributed by atoms with E-state index in [1.165, 1.54) is 0 Å². The molecule has 1 N–H and O–H groups in total. The topological polar surface area (TPSA) is 32.3 Å². The molecule has 1 aromatic rings. The fourth-order valence-electron chi connectivity index (χ4n) is 2.21. The van der Waals surface area contributed by atoms with Gasteiger partial charge >= 0.3 is 0 Å². The number of halogens is 3. The Morgan fingerprint density at radius 1 is 1.32 bits per heavy atom. The van der Waals surface area contributed by atoms with Gasteiger partial charge in [0.15, 0.2) is 0 Å². The van der Waals surface area contributed by atoms with Crippen molar-refractivity contribution in [1.29, 1.82) is 0 Å². The van der Waals surface area contributed by atoms with Gasteiger partial charge < -0.3 is 10.2 Å². The lowest BCUT2D eigenvalue weighted by atomic mass is 10.1. The fourth-order valence-corrected chi connectivity index (χ4v) is 2.74. The normalized spacial score (nSPS) is 18.6. The van der Waals surface area contributed by atoms with Crippen molar-refractivity contribution in [3.8, 4) is 0 Å². The molecule has 0 aliphatic carbocycles. The van der Waals surface area contributed by atoms with E-state index in [9.17, 15) is 4.79 Å². The summed E-state index contributed by atoms with van der Waals surface area (Å²) in [5.41, 5.74) is 0.542. The van der Waals surface area contributed by atoms with Gasteiger partial charge in [0.1, 0.15) is 0 Å². The number of rotatable bonds is 2. The van der Waals surface area contributed by atoms with E-state index < -0.39 is 0 Å². The second-order valence-electron chi connectivity index (χ2n) is 4.57. The maximum atomic E-state index is 12.3. The molecule has 1 saturated heterocycles. The summed E-state index contributed by atoms with van der Waals surface area (Å²) in [5.74, 6) is -0.0342. The Kier molecular flexibility index (Phi) is 6.40. The first-order valence-electron chi connectivity index (χ1n) is 6.02. The molecule has 0 spiro atoms. The number of hydrogen-bond acceptors (Lipinski definition) is 2. The lowest BCUT2D eigenvalue weighted by Gasteiger charge is -2.31. The largest absolute Gasteiger partial charge is 0.337 e. The van der Waals surface area contributed by atoms with E-state index in [-0.39, 0.29) is 24.4 Å². The van der Waals surface area contributed by atoms with E-state index >= 15 is 0 Å². The van der Waals surface area contributed by atoms with Crippen molar-refractivity contribution in [1.82, 2.24) is 10.2 Å². The fraction of sp³-hybridized carbons (Fsp3) is 0.462. The van der Waals surface area contributed by atoms with E-state index in [4.69, 9.17) is 23.2 Å². The van der Waals surface area contributed by atoms with Gasteiger partial charge in [0.05, 0.1) is 0 Å². The molecule has 1 fully saturated rings. The molecule has 1 aliphatic heterocycles. The van der Waals surface area contributed by atoms with Crippen LogP contribution in [0, 0.1) is 0 Å². The maximum Gasteiger partial charge on any atom is 0.253 e. The van der Waals surface area contributed by atoms with Gasteiger partial charge in [-0.15, -0.1) is 12.4 Å². The third kappa shape index (κ3) is 4.25. The molecule has 0 radical (unpaired) electrons. The van der Waals surface area contributed by atoms with Crippen LogP contribution in [0.3, 0.4) is 0 Å². The summed E-state index contributed by atoms with van der Waals surface area (Å²) < 4.78 is 0. The number of nitrogens with one attached hydrogen (secondary N) is 1. The van der Waals surface area contributed by atoms with Crippen molar-refractivity contribution in [2.45, 2.75) is 18.9 Å². The Labute approximate surface area is 129 Å². The molecule has 19 heavy (non-hydrogen) atoms. The zero-order chi connectivity index (χ0) is 13.1. The van der Waals surface area contributed by atoms with Crippen molar-refractivity contribution >= 4 is 41.5 Å². The van der Waals surface area contributed by atoms with E-state index in [0.29, 0.717) is 15.6 Å². The zero-order valence-electron chi connectivity index (χ0n) is 10.7. The number of benzene rings is 1. The highest BCUT2D eigenvalue weighted by Crippen LogP contribution is 2.21. The molecule has 1 heterocycles. The molecular formula is C13H17Cl3N2O. The molecule has 0 aromatic heterocycles. The van der Waals surface area contributed by atoms with E-state index in [1.54, 1.807) is 23.1 Å². The van der Waals surface area contributed by atoms with Crippen molar-refractivity contribution in [2.75, 3.05) is 20.1 Å². The monoisotopic (exact) mass is 322 g/mol. The minimum Gasteiger partial charge on any atom is -0.337 e. The van der Waals surface area contributed by atoms with Gasteiger partial charge in [-0.3, -0.25) is 4.79 Å².